The zero-order chi connectivity index (χ0) is 30.4. The zero-order valence-electron chi connectivity index (χ0n) is 22.8. The second-order valence-electron chi connectivity index (χ2n) is 10.1. The van der Waals surface area contributed by atoms with Crippen LogP contribution in [0.1, 0.15) is 23.3 Å². The van der Waals surface area contributed by atoms with E-state index in [9.17, 15) is 34.4 Å². The molecule has 1 aromatic heterocycles. The smallest absolute Gasteiger partial charge is 0.308 e. The minimum Gasteiger partial charge on any atom is -0.504 e. The van der Waals surface area contributed by atoms with E-state index in [1.807, 2.05) is 0 Å². The largest absolute Gasteiger partial charge is 0.504 e. The number of fused-ring (bicyclic) bond motifs is 2. The second-order valence-corrected chi connectivity index (χ2v) is 12.2. The van der Waals surface area contributed by atoms with E-state index in [2.05, 4.69) is 0 Å². The highest BCUT2D eigenvalue weighted by atomic mass is 32.2. The molecule has 43 heavy (non-hydrogen) atoms. The van der Waals surface area contributed by atoms with Gasteiger partial charge in [-0.15, -0.1) is 0 Å². The predicted molar refractivity (Wildman–Crippen MR) is 156 cm³/mol. The maximum Gasteiger partial charge on any atom is 0.308 e. The average molecular weight is 627 g/mol. The molecule has 0 saturated carbocycles. The van der Waals surface area contributed by atoms with Crippen molar-refractivity contribution in [1.82, 2.24) is 9.47 Å². The first kappa shape index (κ1) is 28.9. The van der Waals surface area contributed by atoms with E-state index >= 15 is 0 Å². The summed E-state index contributed by atoms with van der Waals surface area (Å²) in [5, 5.41) is 21.0. The van der Waals surface area contributed by atoms with Gasteiger partial charge in [-0.25, -0.2) is 4.90 Å². The molecular weight excluding hydrogens is 600 g/mol. The van der Waals surface area contributed by atoms with E-state index in [1.54, 1.807) is 24.0 Å². The molecule has 3 aliphatic heterocycles. The molecule has 3 unspecified atom stereocenters. The molecule has 15 heteroatoms. The number of anilines is 1. The molecule has 2 saturated heterocycles. The quantitative estimate of drug-likeness (QED) is 0.234. The van der Waals surface area contributed by atoms with Crippen LogP contribution < -0.4 is 14.5 Å². The fourth-order valence-electron chi connectivity index (χ4n) is 5.64. The minimum atomic E-state index is -0.941. The average Bonchev–Trinajstić information content (AvgIpc) is 3.45. The molecule has 13 nitrogen and oxygen atoms in total. The fourth-order valence-corrected chi connectivity index (χ4v) is 8.41. The number of phenols is 1. The summed E-state index contributed by atoms with van der Waals surface area (Å²) in [6.45, 7) is 3.43. The van der Waals surface area contributed by atoms with Gasteiger partial charge in [0.25, 0.3) is 5.69 Å². The number of hydrogen-bond acceptors (Lipinski definition) is 11. The lowest BCUT2D eigenvalue weighted by Gasteiger charge is -2.31. The molecule has 0 radical (unpaired) electrons. The third-order valence-electron chi connectivity index (χ3n) is 7.67. The highest BCUT2D eigenvalue weighted by Gasteiger charge is 2.57. The third-order valence-corrected chi connectivity index (χ3v) is 10.3. The van der Waals surface area contributed by atoms with Crippen LogP contribution in [0, 0.1) is 16.0 Å². The summed E-state index contributed by atoms with van der Waals surface area (Å²) in [6.07, 6.45) is 0. The van der Waals surface area contributed by atoms with Gasteiger partial charge in [0, 0.05) is 36.0 Å². The van der Waals surface area contributed by atoms with Gasteiger partial charge in [-0.3, -0.25) is 33.9 Å². The van der Waals surface area contributed by atoms with Crippen LogP contribution >= 0.6 is 23.1 Å². The first-order valence-electron chi connectivity index (χ1n) is 13.5. The summed E-state index contributed by atoms with van der Waals surface area (Å²) < 4.78 is 12.3. The molecule has 2 fully saturated rings. The molecule has 3 aromatic rings. The monoisotopic (exact) mass is 626 g/mol. The van der Waals surface area contributed by atoms with Crippen LogP contribution in [-0.2, 0) is 25.7 Å². The van der Waals surface area contributed by atoms with Crippen molar-refractivity contribution in [2.75, 3.05) is 37.8 Å². The molecular formula is C28H26N4O9S2. The van der Waals surface area contributed by atoms with Crippen molar-refractivity contribution in [2.45, 2.75) is 29.7 Å². The van der Waals surface area contributed by atoms with Crippen LogP contribution in [0.5, 0.6) is 11.5 Å². The molecule has 6 rings (SSSR count). The van der Waals surface area contributed by atoms with E-state index < -0.39 is 33.8 Å². The van der Waals surface area contributed by atoms with Crippen molar-refractivity contribution in [1.29, 1.82) is 0 Å². The van der Waals surface area contributed by atoms with Crippen molar-refractivity contribution in [3.05, 3.63) is 72.7 Å². The number of imide groups is 1. The highest BCUT2D eigenvalue weighted by molar-refractivity contribution is 8.00. The molecule has 3 amide bonds. The number of carbonyl (C=O) groups excluding carboxylic acids is 3. The number of phenolic OH excluding ortho intramolecular Hbond substituents is 1. The third kappa shape index (κ3) is 5.06. The lowest BCUT2D eigenvalue weighted by atomic mass is 9.83. The Kier molecular flexibility index (Phi) is 7.70. The molecule has 4 heterocycles. The van der Waals surface area contributed by atoms with E-state index in [4.69, 9.17) is 9.47 Å². The number of nitro groups is 1. The Morgan fingerprint density at radius 1 is 1.12 bits per heavy atom. The number of ether oxygens (including phenoxy) is 2. The molecule has 0 aliphatic carbocycles. The first-order chi connectivity index (χ1) is 20.7. The standard InChI is InChI=1S/C28H26N4O9S2/c1-2-41-19-13-15(3-8-18(19)33)21-22-23(26(36)31(25(22)35)16-4-6-17(7-5-16)32(38)39)42-27-24(21)43-28(37)30(27)14-20(34)29-9-11-40-12-10-29/h3-8,13,21-23,33H,2,9-12,14H2,1H3. The molecule has 0 bridgehead atoms. The number of nitrogens with zero attached hydrogens (tertiary/aromatic N) is 4. The Labute approximate surface area is 252 Å². The summed E-state index contributed by atoms with van der Waals surface area (Å²) in [7, 11) is 0. The Bertz CT molecular complexity index is 1680. The molecule has 3 atom stereocenters. The van der Waals surface area contributed by atoms with Crippen LogP contribution in [0.4, 0.5) is 11.4 Å². The van der Waals surface area contributed by atoms with Gasteiger partial charge in [0.05, 0.1) is 41.4 Å². The number of amides is 3. The number of benzene rings is 2. The first-order valence-corrected chi connectivity index (χ1v) is 15.2. The maximum absolute atomic E-state index is 14.0. The Morgan fingerprint density at radius 3 is 2.51 bits per heavy atom. The normalized spacial score (nSPS) is 21.5. The van der Waals surface area contributed by atoms with Gasteiger partial charge >= 0.3 is 4.87 Å². The van der Waals surface area contributed by atoms with E-state index in [0.717, 1.165) is 28.0 Å². The van der Waals surface area contributed by atoms with Gasteiger partial charge < -0.3 is 19.5 Å². The number of rotatable bonds is 7. The Balaban J connectivity index is 1.44. The summed E-state index contributed by atoms with van der Waals surface area (Å²) in [4.78, 5) is 67.8. The number of morpholine rings is 1. The summed E-state index contributed by atoms with van der Waals surface area (Å²) >= 11 is 1.99. The number of carbonyl (C=O) groups is 3. The van der Waals surface area contributed by atoms with Crippen LogP contribution in [-0.4, -0.2) is 75.4 Å². The molecule has 224 valence electrons. The number of aromatic hydroxyl groups is 1. The predicted octanol–water partition coefficient (Wildman–Crippen LogP) is 2.58. The van der Waals surface area contributed by atoms with Crippen LogP contribution in [0.2, 0.25) is 0 Å². The number of thioether (sulfide) groups is 1. The summed E-state index contributed by atoms with van der Waals surface area (Å²) in [5.74, 6) is -2.91. The Morgan fingerprint density at radius 2 is 1.84 bits per heavy atom. The van der Waals surface area contributed by atoms with Gasteiger partial charge in [0.15, 0.2) is 11.5 Å². The minimum absolute atomic E-state index is 0.101. The fraction of sp³-hybridized carbons (Fsp3) is 0.357. The summed E-state index contributed by atoms with van der Waals surface area (Å²) in [5.41, 5.74) is 0.562. The van der Waals surface area contributed by atoms with E-state index in [-0.39, 0.29) is 46.8 Å². The number of nitro benzene ring substituents is 1. The van der Waals surface area contributed by atoms with Gasteiger partial charge in [0.2, 0.25) is 17.7 Å². The van der Waals surface area contributed by atoms with E-state index in [1.165, 1.54) is 34.9 Å². The van der Waals surface area contributed by atoms with E-state index in [0.29, 0.717) is 41.8 Å². The van der Waals surface area contributed by atoms with Crippen LogP contribution in [0.25, 0.3) is 0 Å². The number of aromatic nitrogens is 1. The second kappa shape index (κ2) is 11.5. The van der Waals surface area contributed by atoms with Crippen molar-refractivity contribution in [3.8, 4) is 11.5 Å². The van der Waals surface area contributed by atoms with Crippen LogP contribution in [0.3, 0.4) is 0 Å². The van der Waals surface area contributed by atoms with Crippen molar-refractivity contribution < 1.29 is 33.9 Å². The van der Waals surface area contributed by atoms with Gasteiger partial charge in [-0.1, -0.05) is 29.2 Å². The van der Waals surface area contributed by atoms with Crippen LogP contribution in [0.15, 0.2) is 52.3 Å². The lowest BCUT2D eigenvalue weighted by molar-refractivity contribution is -0.384. The van der Waals surface area contributed by atoms with Gasteiger partial charge in [0.1, 0.15) is 11.8 Å². The van der Waals surface area contributed by atoms with Crippen molar-refractivity contribution in [3.63, 3.8) is 0 Å². The molecule has 3 aliphatic rings. The van der Waals surface area contributed by atoms with Crippen molar-refractivity contribution in [2.24, 2.45) is 5.92 Å². The lowest BCUT2D eigenvalue weighted by Crippen LogP contribution is -2.43. The molecule has 2 aromatic carbocycles. The summed E-state index contributed by atoms with van der Waals surface area (Å²) in [6, 6.07) is 9.81. The number of non-ortho nitro benzene ring substituents is 1. The number of hydrogen-bond donors (Lipinski definition) is 1. The molecule has 1 N–H and O–H groups in total. The van der Waals surface area contributed by atoms with Crippen molar-refractivity contribution >= 4 is 52.2 Å². The topological polar surface area (TPSA) is 162 Å². The highest BCUT2D eigenvalue weighted by Crippen LogP contribution is 2.54. The maximum atomic E-state index is 14.0. The van der Waals surface area contributed by atoms with Gasteiger partial charge in [-0.2, -0.15) is 0 Å². The Hall–Kier alpha value is -4.21. The number of thiazole rings is 1. The molecule has 0 spiro atoms. The zero-order valence-corrected chi connectivity index (χ0v) is 24.5. The van der Waals surface area contributed by atoms with Gasteiger partial charge in [-0.05, 0) is 36.8 Å². The SMILES string of the molecule is CCOc1cc(C2c3sc(=O)n(CC(=O)N4CCOCC4)c3SC3C(=O)N(c4ccc([N+](=O)[O-])cc4)C(=O)C32)ccc1O.